The van der Waals surface area contributed by atoms with Crippen LogP contribution in [0.3, 0.4) is 0 Å². The molecule has 18 heavy (non-hydrogen) atoms. The number of aliphatic hydroxyl groups is 3. The molecule has 0 saturated heterocycles. The molecule has 3 atom stereocenters. The van der Waals surface area contributed by atoms with Crippen LogP contribution in [0, 0.1) is 0 Å². The van der Waals surface area contributed by atoms with Crippen LogP contribution in [0.5, 0.6) is 0 Å². The third-order valence-corrected chi connectivity index (χ3v) is 2.24. The van der Waals surface area contributed by atoms with Crippen molar-refractivity contribution in [1.29, 1.82) is 0 Å². The molecule has 4 N–H and O–H groups in total. The molecule has 0 saturated carbocycles. The summed E-state index contributed by atoms with van der Waals surface area (Å²) >= 11 is 0. The molecule has 0 aliphatic rings. The average molecular weight is 266 g/mol. The van der Waals surface area contributed by atoms with Crippen LogP contribution < -0.4 is 0 Å². The first-order valence-electron chi connectivity index (χ1n) is 5.94. The normalized spacial score (nSPS) is 16.6. The fourth-order valence-corrected chi connectivity index (χ4v) is 1.27. The number of hydrogen-bond donors (Lipinski definition) is 4. The van der Waals surface area contributed by atoms with E-state index in [2.05, 4.69) is 0 Å². The summed E-state index contributed by atoms with van der Waals surface area (Å²) in [4.78, 5) is 10.8. The number of hydrogen-bond acceptors (Lipinski definition) is 6. The summed E-state index contributed by atoms with van der Waals surface area (Å²) in [7, 11) is 0. The lowest BCUT2D eigenvalue weighted by Gasteiger charge is -2.25. The van der Waals surface area contributed by atoms with Gasteiger partial charge in [-0.05, 0) is 13.3 Å². The molecule has 0 aliphatic heterocycles. The quantitative estimate of drug-likeness (QED) is 0.316. The summed E-state index contributed by atoms with van der Waals surface area (Å²) in [6.07, 6.45) is -3.72. The predicted molar refractivity (Wildman–Crippen MR) is 61.7 cm³/mol. The van der Waals surface area contributed by atoms with Crippen LogP contribution in [-0.4, -0.2) is 57.8 Å². The van der Waals surface area contributed by atoms with E-state index in [9.17, 15) is 9.90 Å². The lowest BCUT2D eigenvalue weighted by molar-refractivity contribution is -0.276. The first-order chi connectivity index (χ1) is 8.40. The van der Waals surface area contributed by atoms with Crippen LogP contribution in [0.4, 0.5) is 0 Å². The topological polar surface area (TPSA) is 116 Å². The maximum atomic E-state index is 10.8. The molecule has 0 rings (SSSR count). The van der Waals surface area contributed by atoms with E-state index in [1.54, 1.807) is 0 Å². The van der Waals surface area contributed by atoms with Gasteiger partial charge in [0.05, 0.1) is 6.10 Å². The zero-order valence-corrected chi connectivity index (χ0v) is 10.7. The van der Waals surface area contributed by atoms with Gasteiger partial charge in [0.1, 0.15) is 0 Å². The molecule has 7 heteroatoms. The molecule has 0 aliphatic carbocycles. The number of aliphatic hydroxyl groups excluding tert-OH is 2. The second kappa shape index (κ2) is 9.23. The van der Waals surface area contributed by atoms with Crippen molar-refractivity contribution in [3.05, 3.63) is 0 Å². The van der Waals surface area contributed by atoms with Gasteiger partial charge >= 0.3 is 5.97 Å². The minimum atomic E-state index is -1.97. The standard InChI is InChI=1S/C11H22O7/c1-3-4-5-6-17-11(10(15)16)18-8(7(2)12)9(13)14/h7-8,10-12,15-16H,3-6H2,1-2H3,(H,13,14). The number of aliphatic carboxylic acids is 1. The number of rotatable bonds is 10. The molecule has 0 aromatic rings. The minimum Gasteiger partial charge on any atom is -0.479 e. The highest BCUT2D eigenvalue weighted by atomic mass is 16.7. The van der Waals surface area contributed by atoms with Crippen molar-refractivity contribution in [2.75, 3.05) is 6.61 Å². The fraction of sp³-hybridized carbons (Fsp3) is 0.909. The molecule has 0 spiro atoms. The molecule has 7 nitrogen and oxygen atoms in total. The summed E-state index contributed by atoms with van der Waals surface area (Å²) in [5.74, 6) is -1.40. The van der Waals surface area contributed by atoms with E-state index >= 15 is 0 Å². The van der Waals surface area contributed by atoms with Gasteiger partial charge in [-0.2, -0.15) is 0 Å². The van der Waals surface area contributed by atoms with Crippen molar-refractivity contribution >= 4 is 5.97 Å². The Hall–Kier alpha value is -0.730. The van der Waals surface area contributed by atoms with Crippen molar-refractivity contribution < 1.29 is 34.7 Å². The van der Waals surface area contributed by atoms with E-state index in [-0.39, 0.29) is 6.61 Å². The van der Waals surface area contributed by atoms with E-state index in [1.165, 1.54) is 6.92 Å². The van der Waals surface area contributed by atoms with Crippen LogP contribution in [0.15, 0.2) is 0 Å². The second-order valence-corrected chi connectivity index (χ2v) is 4.00. The highest BCUT2D eigenvalue weighted by molar-refractivity contribution is 5.73. The largest absolute Gasteiger partial charge is 0.479 e. The van der Waals surface area contributed by atoms with Crippen molar-refractivity contribution in [3.8, 4) is 0 Å². The molecule has 0 amide bonds. The van der Waals surface area contributed by atoms with Gasteiger partial charge in [-0.3, -0.25) is 0 Å². The highest BCUT2D eigenvalue weighted by Gasteiger charge is 2.30. The van der Waals surface area contributed by atoms with Crippen LogP contribution in [0.1, 0.15) is 33.1 Å². The Kier molecular flexibility index (Phi) is 8.86. The van der Waals surface area contributed by atoms with Gasteiger partial charge in [0.15, 0.2) is 6.10 Å². The van der Waals surface area contributed by atoms with E-state index in [4.69, 9.17) is 24.8 Å². The average Bonchev–Trinajstić information content (AvgIpc) is 2.26. The lowest BCUT2D eigenvalue weighted by atomic mass is 10.2. The molecule has 0 bridgehead atoms. The first-order valence-corrected chi connectivity index (χ1v) is 5.94. The Morgan fingerprint density at radius 1 is 1.22 bits per heavy atom. The summed E-state index contributed by atoms with van der Waals surface area (Å²) in [6, 6.07) is 0. The molecule has 3 unspecified atom stereocenters. The number of carboxylic acid groups (broad SMARTS) is 1. The molecular formula is C11H22O7. The maximum absolute atomic E-state index is 10.8. The van der Waals surface area contributed by atoms with Gasteiger partial charge in [-0.1, -0.05) is 19.8 Å². The number of ether oxygens (including phenoxy) is 2. The Labute approximate surface area is 106 Å². The third kappa shape index (κ3) is 6.87. The van der Waals surface area contributed by atoms with E-state index < -0.39 is 30.8 Å². The molecular weight excluding hydrogens is 244 g/mol. The molecule has 0 heterocycles. The zero-order chi connectivity index (χ0) is 14.1. The van der Waals surface area contributed by atoms with Gasteiger partial charge in [0, 0.05) is 6.61 Å². The van der Waals surface area contributed by atoms with Crippen LogP contribution in [0.25, 0.3) is 0 Å². The van der Waals surface area contributed by atoms with Gasteiger partial charge in [-0.15, -0.1) is 0 Å². The maximum Gasteiger partial charge on any atom is 0.335 e. The predicted octanol–water partition coefficient (Wildman–Crippen LogP) is -0.319. The van der Waals surface area contributed by atoms with Crippen molar-refractivity contribution in [1.82, 2.24) is 0 Å². The van der Waals surface area contributed by atoms with Crippen LogP contribution >= 0.6 is 0 Å². The van der Waals surface area contributed by atoms with E-state index in [0.29, 0.717) is 6.42 Å². The number of unbranched alkanes of at least 4 members (excludes halogenated alkanes) is 2. The summed E-state index contributed by atoms with van der Waals surface area (Å²) in [5, 5.41) is 36.0. The van der Waals surface area contributed by atoms with E-state index in [0.717, 1.165) is 12.8 Å². The van der Waals surface area contributed by atoms with Crippen molar-refractivity contribution in [2.45, 2.75) is 57.9 Å². The van der Waals surface area contributed by atoms with E-state index in [1.807, 2.05) is 6.92 Å². The zero-order valence-electron chi connectivity index (χ0n) is 10.7. The van der Waals surface area contributed by atoms with Crippen molar-refractivity contribution in [3.63, 3.8) is 0 Å². The Morgan fingerprint density at radius 3 is 2.22 bits per heavy atom. The summed E-state index contributed by atoms with van der Waals surface area (Å²) in [6.45, 7) is 3.46. The third-order valence-electron chi connectivity index (χ3n) is 2.24. The SMILES string of the molecule is CCCCCOC(OC(C(=O)O)C(C)O)C(O)O. The minimum absolute atomic E-state index is 0.224. The molecule has 108 valence electrons. The fourth-order valence-electron chi connectivity index (χ4n) is 1.27. The van der Waals surface area contributed by atoms with Crippen molar-refractivity contribution in [2.24, 2.45) is 0 Å². The molecule has 0 aromatic heterocycles. The first kappa shape index (κ1) is 17.3. The molecule has 0 radical (unpaired) electrons. The molecule has 0 aromatic carbocycles. The van der Waals surface area contributed by atoms with Crippen LogP contribution in [-0.2, 0) is 14.3 Å². The Morgan fingerprint density at radius 2 is 1.83 bits per heavy atom. The Bertz CT molecular complexity index is 229. The summed E-state index contributed by atoms with van der Waals surface area (Å²) < 4.78 is 9.88. The van der Waals surface area contributed by atoms with Gasteiger partial charge in [0.25, 0.3) is 0 Å². The summed E-state index contributed by atoms with van der Waals surface area (Å²) in [5.41, 5.74) is 0. The number of carboxylic acids is 1. The van der Waals surface area contributed by atoms with Gasteiger partial charge in [-0.25, -0.2) is 4.79 Å². The van der Waals surface area contributed by atoms with Crippen LogP contribution in [0.2, 0.25) is 0 Å². The van der Waals surface area contributed by atoms with Gasteiger partial charge < -0.3 is 29.9 Å². The molecule has 0 fully saturated rings. The lowest BCUT2D eigenvalue weighted by Crippen LogP contribution is -2.43. The monoisotopic (exact) mass is 266 g/mol. The second-order valence-electron chi connectivity index (χ2n) is 4.00. The number of carbonyl (C=O) groups is 1. The smallest absolute Gasteiger partial charge is 0.335 e. The van der Waals surface area contributed by atoms with Gasteiger partial charge in [0.2, 0.25) is 12.6 Å². The Balaban J connectivity index is 4.28. The highest BCUT2D eigenvalue weighted by Crippen LogP contribution is 2.09.